The summed E-state index contributed by atoms with van der Waals surface area (Å²) in [4.78, 5) is 0. The molecule has 0 aliphatic carbocycles. The first-order valence-corrected chi connectivity index (χ1v) is 1.49. The predicted octanol–water partition coefficient (Wildman–Crippen LogP) is -1.95. The third kappa shape index (κ3) is 9.52. The first kappa shape index (κ1) is 15.7. The first-order chi connectivity index (χ1) is 1.00. The molecule has 0 aromatic rings. The topological polar surface area (TPSA) is 17.1 Å². The Morgan fingerprint density at radius 3 is 1.25 bits per heavy atom. The quantitative estimate of drug-likeness (QED) is 0.444. The van der Waals surface area contributed by atoms with E-state index in [1.807, 2.05) is 0 Å². The van der Waals surface area contributed by atoms with E-state index in [2.05, 4.69) is 0 Å². The van der Waals surface area contributed by atoms with Crippen LogP contribution in [0.3, 0.4) is 0 Å². The third-order valence-corrected chi connectivity index (χ3v) is 0. The van der Waals surface area contributed by atoms with Crippen molar-refractivity contribution in [1.29, 1.82) is 0 Å². The van der Waals surface area contributed by atoms with Gasteiger partial charge in [-0.05, 0) is 0 Å². The zero-order valence-electron chi connectivity index (χ0n) is 0.908. The zero-order chi connectivity index (χ0) is 2.00. The second-order valence-corrected chi connectivity index (χ2v) is 0. The van der Waals surface area contributed by atoms with Crippen LogP contribution in [0.15, 0.2) is 0 Å². The van der Waals surface area contributed by atoms with E-state index >= 15 is 0 Å². The Kier molecular flexibility index (Phi) is 61.7. The minimum absolute atomic E-state index is 0. The third-order valence-electron chi connectivity index (χ3n) is 0. The van der Waals surface area contributed by atoms with Crippen LogP contribution in [0.25, 0.3) is 0 Å². The van der Waals surface area contributed by atoms with Crippen LogP contribution in [0.5, 0.6) is 0 Å². The van der Waals surface area contributed by atoms with Gasteiger partial charge in [-0.2, -0.15) is 0 Å². The molecular formula is H4BaCeOSr. The van der Waals surface area contributed by atoms with Gasteiger partial charge in [-0.15, -0.1) is 0 Å². The second-order valence-electron chi connectivity index (χ2n) is 0. The van der Waals surface area contributed by atoms with Gasteiger partial charge in [0, 0.05) is 0 Å². The van der Waals surface area contributed by atoms with Crippen LogP contribution in [0, 0.1) is 39.8 Å². The van der Waals surface area contributed by atoms with E-state index in [1.165, 1.54) is 0 Å². The molecule has 0 N–H and O–H groups in total. The van der Waals surface area contributed by atoms with E-state index in [-0.39, 0.29) is 134 Å². The zero-order valence-corrected chi connectivity index (χ0v) is 4.05. The van der Waals surface area contributed by atoms with Crippen LogP contribution >= 0.6 is 0 Å². The predicted molar refractivity (Wildman–Crippen MR) is 17.8 cm³/mol. The molecule has 0 amide bonds. The van der Waals surface area contributed by atoms with Crippen LogP contribution < -0.4 is 0 Å². The van der Waals surface area contributed by atoms with Crippen molar-refractivity contribution >= 4 is 94.4 Å². The van der Waals surface area contributed by atoms with Crippen molar-refractivity contribution in [3.05, 3.63) is 0 Å². The monoisotopic (exact) mass is 386 g/mol. The Morgan fingerprint density at radius 2 is 1.25 bits per heavy atom. The van der Waals surface area contributed by atoms with Crippen LogP contribution in [-0.2, 0) is 0.938 Å². The van der Waals surface area contributed by atoms with E-state index in [0.29, 0.717) is 0 Å². The molecule has 1 nitrogen and oxygen atoms in total. The van der Waals surface area contributed by atoms with Crippen molar-refractivity contribution in [2.24, 2.45) is 0 Å². The number of hydrogen-bond acceptors (Lipinski definition) is 1. The molecule has 4 heavy (non-hydrogen) atoms. The fourth-order valence-electron chi connectivity index (χ4n) is 0. The molecule has 0 bridgehead atoms. The molecule has 0 fully saturated rings. The summed E-state index contributed by atoms with van der Waals surface area (Å²) in [6.07, 6.45) is 0. The summed E-state index contributed by atoms with van der Waals surface area (Å²) in [6.45, 7) is 0. The molecule has 0 saturated heterocycles. The Labute approximate surface area is 130 Å². The molecule has 4 heteroatoms. The molecule has 0 aromatic heterocycles. The van der Waals surface area contributed by atoms with Crippen LogP contribution in [-0.4, -0.2) is 94.4 Å². The van der Waals surface area contributed by atoms with Crippen molar-refractivity contribution in [2.45, 2.75) is 0 Å². The molecule has 0 unspecified atom stereocenters. The molecule has 0 saturated carbocycles. The maximum absolute atomic E-state index is 8.39. The summed E-state index contributed by atoms with van der Waals surface area (Å²) in [6, 6.07) is 0. The summed E-state index contributed by atoms with van der Waals surface area (Å²) >= 11 is 0.0556. The molecule has 0 heterocycles. The van der Waals surface area contributed by atoms with Crippen molar-refractivity contribution in [1.82, 2.24) is 0 Å². The summed E-state index contributed by atoms with van der Waals surface area (Å²) in [5.41, 5.74) is 0. The number of hydrogen-bond donors (Lipinski definition) is 0. The molecule has 18 valence electrons. The van der Waals surface area contributed by atoms with Gasteiger partial charge in [0.15, 0.2) is 0 Å². The van der Waals surface area contributed by atoms with Crippen LogP contribution in [0.2, 0.25) is 0 Å². The van der Waals surface area contributed by atoms with Crippen LogP contribution in [0.4, 0.5) is 0 Å². The molecule has 0 spiro atoms. The second kappa shape index (κ2) is 15.7. The average molecular weight is 385 g/mol. The van der Waals surface area contributed by atoms with Gasteiger partial charge in [0.25, 0.3) is 0 Å². The fraction of sp³-hybridized carbons (Fsp3) is 0. The summed E-state index contributed by atoms with van der Waals surface area (Å²) in [7, 11) is 0. The van der Waals surface area contributed by atoms with Gasteiger partial charge in [0.05, 0.1) is 0 Å². The van der Waals surface area contributed by atoms with Gasteiger partial charge in [0.2, 0.25) is 0 Å². The normalized spacial score (nSPS) is 0.750. The van der Waals surface area contributed by atoms with E-state index in [9.17, 15) is 0 Å². The van der Waals surface area contributed by atoms with Crippen molar-refractivity contribution in [2.75, 3.05) is 0 Å². The van der Waals surface area contributed by atoms with Gasteiger partial charge in [-0.25, -0.2) is 0 Å². The molecule has 0 aliphatic rings. The van der Waals surface area contributed by atoms with Gasteiger partial charge >= 0.3 is 135 Å². The molecule has 0 radical (unpaired) electrons. The van der Waals surface area contributed by atoms with Crippen molar-refractivity contribution < 1.29 is 40.7 Å². The van der Waals surface area contributed by atoms with Crippen molar-refractivity contribution in [3.63, 3.8) is 0 Å². The Balaban J connectivity index is -0.00000000500. The van der Waals surface area contributed by atoms with Crippen LogP contribution in [0.1, 0.15) is 0 Å². The summed E-state index contributed by atoms with van der Waals surface area (Å²) < 4.78 is 8.39. The van der Waals surface area contributed by atoms with Crippen molar-refractivity contribution in [3.8, 4) is 0 Å². The maximum atomic E-state index is 8.39. The molecule has 0 aromatic carbocycles. The Morgan fingerprint density at radius 1 is 1.25 bits per heavy atom. The summed E-state index contributed by atoms with van der Waals surface area (Å²) in [5, 5.41) is 0. The SMILES string of the molecule is [BaH2].[O]=[Ce].[SrH2]. The standard InChI is InChI=1S/Ba.Ce.O.Sr.4H. The summed E-state index contributed by atoms with van der Waals surface area (Å²) in [5.74, 6) is 0. The van der Waals surface area contributed by atoms with E-state index in [4.69, 9.17) is 0.938 Å². The van der Waals surface area contributed by atoms with E-state index < -0.39 is 0 Å². The van der Waals surface area contributed by atoms with E-state index in [1.54, 1.807) is 0 Å². The van der Waals surface area contributed by atoms with Gasteiger partial charge in [-0.1, -0.05) is 0 Å². The molecule has 0 rings (SSSR count). The fourth-order valence-corrected chi connectivity index (χ4v) is 0. The van der Waals surface area contributed by atoms with Gasteiger partial charge < -0.3 is 0 Å². The number of rotatable bonds is 0. The van der Waals surface area contributed by atoms with Gasteiger partial charge in [-0.3, -0.25) is 0 Å². The van der Waals surface area contributed by atoms with E-state index in [0.717, 1.165) is 0 Å². The molecule has 0 atom stereocenters. The minimum atomic E-state index is 0. The molecule has 0 aliphatic heterocycles. The first-order valence-electron chi connectivity index (χ1n) is 0.204. The Bertz CT molecular complexity index is 8.00. The Hall–Kier alpha value is 4.23. The average Bonchev–Trinajstić information content (AvgIpc) is 1.00. The van der Waals surface area contributed by atoms with Gasteiger partial charge in [0.1, 0.15) is 0 Å². The molecular weight excluding hydrogens is 381 g/mol.